The van der Waals surface area contributed by atoms with Crippen LogP contribution in [0.4, 0.5) is 0 Å². The minimum Gasteiger partial charge on any atom is -0.192 e. The molecule has 0 saturated carbocycles. The van der Waals surface area contributed by atoms with Gasteiger partial charge in [0.1, 0.15) is 17.7 Å². The Morgan fingerprint density at radius 1 is 1.20 bits per heavy atom. The van der Waals surface area contributed by atoms with E-state index < -0.39 is 0 Å². The summed E-state index contributed by atoms with van der Waals surface area (Å²) in [5.41, 5.74) is 1.06. The van der Waals surface area contributed by atoms with Crippen molar-refractivity contribution < 1.29 is 0 Å². The summed E-state index contributed by atoms with van der Waals surface area (Å²) in [6.45, 7) is 0. The van der Waals surface area contributed by atoms with E-state index in [4.69, 9.17) is 10.5 Å². The van der Waals surface area contributed by atoms with Gasteiger partial charge in [-0.1, -0.05) is 12.1 Å². The van der Waals surface area contributed by atoms with Crippen LogP contribution >= 0.6 is 11.3 Å². The maximum Gasteiger partial charge on any atom is 0.130 e. The molecule has 1 aromatic heterocycles. The monoisotopic (exact) mass is 210 g/mol. The number of allylic oxidation sites excluding steroid dienone is 1. The van der Waals surface area contributed by atoms with Crippen molar-refractivity contribution in [3.05, 3.63) is 40.8 Å². The van der Waals surface area contributed by atoms with Gasteiger partial charge in [0, 0.05) is 4.70 Å². The van der Waals surface area contributed by atoms with Crippen molar-refractivity contribution in [2.45, 2.75) is 0 Å². The summed E-state index contributed by atoms with van der Waals surface area (Å²) in [6.07, 6.45) is 1.62. The maximum atomic E-state index is 8.67. The molecule has 2 aromatic rings. The van der Waals surface area contributed by atoms with Crippen LogP contribution < -0.4 is 0 Å². The first-order valence-electron chi connectivity index (χ1n) is 4.33. The Morgan fingerprint density at radius 2 is 2.00 bits per heavy atom. The molecule has 0 fully saturated rings. The lowest BCUT2D eigenvalue weighted by molar-refractivity contribution is 1.47. The minimum absolute atomic E-state index is 0.133. The van der Waals surface area contributed by atoms with Crippen molar-refractivity contribution in [2.75, 3.05) is 0 Å². The van der Waals surface area contributed by atoms with Crippen LogP contribution in [-0.4, -0.2) is 0 Å². The number of nitriles is 2. The van der Waals surface area contributed by atoms with Crippen LogP contribution in [0.3, 0.4) is 0 Å². The second-order valence-corrected chi connectivity index (χ2v) is 3.91. The number of hydrogen-bond donors (Lipinski definition) is 0. The Balaban J connectivity index is 2.64. The third-order valence-electron chi connectivity index (χ3n) is 2.07. The van der Waals surface area contributed by atoms with Gasteiger partial charge in [-0.25, -0.2) is 0 Å². The molecule has 0 N–H and O–H groups in total. The Bertz CT molecular complexity index is 592. The Kier molecular flexibility index (Phi) is 2.49. The molecule has 0 bridgehead atoms. The van der Waals surface area contributed by atoms with Gasteiger partial charge in [0.05, 0.1) is 0 Å². The summed E-state index contributed by atoms with van der Waals surface area (Å²) in [5, 5.41) is 20.4. The molecule has 2 rings (SSSR count). The van der Waals surface area contributed by atoms with E-state index in [1.807, 2.05) is 41.8 Å². The van der Waals surface area contributed by atoms with Gasteiger partial charge in [0.25, 0.3) is 0 Å². The molecular formula is C12H6N2S. The van der Waals surface area contributed by atoms with E-state index in [0.717, 1.165) is 10.9 Å². The average Bonchev–Trinajstić information content (AvgIpc) is 2.74. The molecule has 0 unspecified atom stereocenters. The molecule has 0 atom stereocenters. The van der Waals surface area contributed by atoms with Crippen LogP contribution in [-0.2, 0) is 0 Å². The predicted octanol–water partition coefficient (Wildman–Crippen LogP) is 3.33. The van der Waals surface area contributed by atoms with Gasteiger partial charge in [0.2, 0.25) is 0 Å². The smallest absolute Gasteiger partial charge is 0.130 e. The normalized spacial score (nSPS) is 9.20. The van der Waals surface area contributed by atoms with E-state index in [-0.39, 0.29) is 5.57 Å². The lowest BCUT2D eigenvalue weighted by Gasteiger charge is -1.95. The van der Waals surface area contributed by atoms with Crippen molar-refractivity contribution in [2.24, 2.45) is 0 Å². The number of nitrogens with zero attached hydrogens (tertiary/aromatic N) is 2. The fourth-order valence-corrected chi connectivity index (χ4v) is 2.21. The fourth-order valence-electron chi connectivity index (χ4n) is 1.39. The summed E-state index contributed by atoms with van der Waals surface area (Å²) < 4.78 is 1.17. The van der Waals surface area contributed by atoms with Crippen molar-refractivity contribution >= 4 is 27.5 Å². The summed E-state index contributed by atoms with van der Waals surface area (Å²) in [6, 6.07) is 11.6. The van der Waals surface area contributed by atoms with Gasteiger partial charge in [-0.3, -0.25) is 0 Å². The molecule has 70 valence electrons. The van der Waals surface area contributed by atoms with Crippen molar-refractivity contribution in [3.63, 3.8) is 0 Å². The topological polar surface area (TPSA) is 47.6 Å². The van der Waals surface area contributed by atoms with E-state index in [9.17, 15) is 0 Å². The van der Waals surface area contributed by atoms with Gasteiger partial charge in [0.15, 0.2) is 0 Å². The summed E-state index contributed by atoms with van der Waals surface area (Å²) >= 11 is 1.65. The van der Waals surface area contributed by atoms with Crippen LogP contribution in [0, 0.1) is 22.7 Å². The third kappa shape index (κ3) is 1.74. The number of benzene rings is 1. The summed E-state index contributed by atoms with van der Waals surface area (Å²) in [4.78, 5) is 0. The van der Waals surface area contributed by atoms with Crippen LogP contribution in [0.2, 0.25) is 0 Å². The molecule has 2 nitrogen and oxygen atoms in total. The van der Waals surface area contributed by atoms with Crippen molar-refractivity contribution in [1.82, 2.24) is 0 Å². The maximum absolute atomic E-state index is 8.67. The molecule has 3 heteroatoms. The lowest BCUT2D eigenvalue weighted by atomic mass is 10.1. The largest absolute Gasteiger partial charge is 0.192 e. The summed E-state index contributed by atoms with van der Waals surface area (Å²) in [7, 11) is 0. The zero-order valence-electron chi connectivity index (χ0n) is 7.77. The van der Waals surface area contributed by atoms with Crippen LogP contribution in [0.15, 0.2) is 35.2 Å². The van der Waals surface area contributed by atoms with Gasteiger partial charge in [-0.05, 0) is 34.5 Å². The van der Waals surface area contributed by atoms with Gasteiger partial charge in [-0.2, -0.15) is 10.5 Å². The van der Waals surface area contributed by atoms with Gasteiger partial charge < -0.3 is 0 Å². The fraction of sp³-hybridized carbons (Fsp3) is 0. The van der Waals surface area contributed by atoms with Crippen molar-refractivity contribution in [3.8, 4) is 12.1 Å². The molecule has 0 amide bonds. The second-order valence-electron chi connectivity index (χ2n) is 2.96. The molecule has 0 aliphatic rings. The Labute approximate surface area is 91.3 Å². The highest BCUT2D eigenvalue weighted by Crippen LogP contribution is 2.25. The number of hydrogen-bond acceptors (Lipinski definition) is 3. The number of thiophene rings is 1. The molecule has 1 aromatic carbocycles. The van der Waals surface area contributed by atoms with Crippen LogP contribution in [0.1, 0.15) is 5.56 Å². The number of rotatable bonds is 1. The first-order chi connectivity index (χ1) is 7.35. The number of fused-ring (bicyclic) bond motifs is 1. The van der Waals surface area contributed by atoms with E-state index in [0.29, 0.717) is 0 Å². The highest BCUT2D eigenvalue weighted by atomic mass is 32.1. The Hall–Kier alpha value is -2.10. The van der Waals surface area contributed by atoms with Crippen LogP contribution in [0.25, 0.3) is 16.2 Å². The van der Waals surface area contributed by atoms with E-state index in [1.165, 1.54) is 4.70 Å². The molecule has 0 spiro atoms. The second kappa shape index (κ2) is 3.96. The molecule has 0 aliphatic heterocycles. The van der Waals surface area contributed by atoms with Gasteiger partial charge in [-0.15, -0.1) is 11.3 Å². The van der Waals surface area contributed by atoms with E-state index >= 15 is 0 Å². The zero-order chi connectivity index (χ0) is 10.7. The summed E-state index contributed by atoms with van der Waals surface area (Å²) in [5.74, 6) is 0. The molecule has 0 saturated heterocycles. The zero-order valence-corrected chi connectivity index (χ0v) is 8.58. The standard InChI is InChI=1S/C12H6N2S/c13-7-9(8-14)6-10-2-1-3-12-11(10)4-5-15-12/h1-6H. The lowest BCUT2D eigenvalue weighted by Crippen LogP contribution is -1.76. The molecule has 0 radical (unpaired) electrons. The highest BCUT2D eigenvalue weighted by molar-refractivity contribution is 7.17. The van der Waals surface area contributed by atoms with Gasteiger partial charge >= 0.3 is 0 Å². The van der Waals surface area contributed by atoms with E-state index in [1.54, 1.807) is 17.4 Å². The molecular weight excluding hydrogens is 204 g/mol. The third-order valence-corrected chi connectivity index (χ3v) is 2.95. The van der Waals surface area contributed by atoms with Crippen LogP contribution in [0.5, 0.6) is 0 Å². The molecule has 0 aliphatic carbocycles. The average molecular weight is 210 g/mol. The highest BCUT2D eigenvalue weighted by Gasteiger charge is 2.00. The SMILES string of the molecule is N#CC(C#N)=Cc1cccc2sccc12. The quantitative estimate of drug-likeness (QED) is 0.678. The predicted molar refractivity (Wildman–Crippen MR) is 61.0 cm³/mol. The molecule has 15 heavy (non-hydrogen) atoms. The molecule has 1 heterocycles. The first kappa shape index (κ1) is 9.45. The first-order valence-corrected chi connectivity index (χ1v) is 5.21. The van der Waals surface area contributed by atoms with Crippen molar-refractivity contribution in [1.29, 1.82) is 10.5 Å². The van der Waals surface area contributed by atoms with E-state index in [2.05, 4.69) is 0 Å². The minimum atomic E-state index is 0.133. The Morgan fingerprint density at radius 3 is 2.73 bits per heavy atom.